The Bertz CT molecular complexity index is 1220. The van der Waals surface area contributed by atoms with Gasteiger partial charge in [-0.2, -0.15) is 18.2 Å². The van der Waals surface area contributed by atoms with Gasteiger partial charge >= 0.3 is 6.18 Å². The van der Waals surface area contributed by atoms with E-state index < -0.39 is 11.9 Å². The lowest BCUT2D eigenvalue weighted by molar-refractivity contribution is -0.140. The van der Waals surface area contributed by atoms with Gasteiger partial charge in [0.05, 0.1) is 18.9 Å². The van der Waals surface area contributed by atoms with Crippen molar-refractivity contribution in [1.82, 2.24) is 29.1 Å². The average molecular weight is 408 g/mol. The van der Waals surface area contributed by atoms with E-state index in [1.165, 1.54) is 0 Å². The summed E-state index contributed by atoms with van der Waals surface area (Å²) in [6.07, 6.45) is -2.15. The second-order valence-corrected chi connectivity index (χ2v) is 6.49. The normalized spacial score (nSPS) is 12.0. The number of aryl methyl sites for hydroxylation is 1. The molecule has 0 bridgehead atoms. The van der Waals surface area contributed by atoms with E-state index in [1.54, 1.807) is 46.6 Å². The van der Waals surface area contributed by atoms with Crippen LogP contribution in [0, 0.1) is 5.41 Å². The summed E-state index contributed by atoms with van der Waals surface area (Å²) in [7, 11) is 1.73. The summed E-state index contributed by atoms with van der Waals surface area (Å²) >= 11 is 5.88. The summed E-state index contributed by atoms with van der Waals surface area (Å²) in [5, 5.41) is 8.36. The smallest absolute Gasteiger partial charge is 0.334 e. The van der Waals surface area contributed by atoms with E-state index in [0.717, 1.165) is 11.8 Å². The van der Waals surface area contributed by atoms with Gasteiger partial charge in [0, 0.05) is 12.6 Å². The first-order chi connectivity index (χ1) is 13.2. The summed E-state index contributed by atoms with van der Waals surface area (Å²) in [5.41, 5.74) is 1.88. The number of benzene rings is 1. The molecule has 28 heavy (non-hydrogen) atoms. The lowest BCUT2D eigenvalue weighted by Crippen LogP contribution is -2.23. The molecule has 0 aliphatic heterocycles. The monoisotopic (exact) mass is 407 g/mol. The minimum atomic E-state index is -4.47. The molecule has 3 aromatic heterocycles. The summed E-state index contributed by atoms with van der Waals surface area (Å²) in [5.74, 6) is 0.136. The summed E-state index contributed by atoms with van der Waals surface area (Å²) in [4.78, 5) is 14.2. The van der Waals surface area contributed by atoms with Gasteiger partial charge < -0.3 is 9.55 Å². The molecule has 0 aliphatic carbocycles. The van der Waals surface area contributed by atoms with Crippen molar-refractivity contribution < 1.29 is 13.2 Å². The molecule has 3 heterocycles. The van der Waals surface area contributed by atoms with Crippen molar-refractivity contribution in [2.24, 2.45) is 7.05 Å². The first kappa shape index (κ1) is 18.2. The van der Waals surface area contributed by atoms with Crippen LogP contribution < -0.4 is 5.62 Å². The number of halogens is 4. The minimum absolute atomic E-state index is 0.0838. The fourth-order valence-electron chi connectivity index (χ4n) is 2.89. The number of aromatic nitrogens is 6. The van der Waals surface area contributed by atoms with Gasteiger partial charge in [-0.15, -0.1) is 0 Å². The van der Waals surface area contributed by atoms with Crippen LogP contribution in [-0.4, -0.2) is 29.1 Å². The maximum absolute atomic E-state index is 12.7. The number of fused-ring (bicyclic) bond motifs is 1. The highest BCUT2D eigenvalue weighted by atomic mass is 35.5. The molecule has 0 amide bonds. The van der Waals surface area contributed by atoms with Crippen LogP contribution in [0.1, 0.15) is 11.3 Å². The summed E-state index contributed by atoms with van der Waals surface area (Å²) in [6.45, 7) is 0.343. The highest BCUT2D eigenvalue weighted by Crippen LogP contribution is 2.29. The number of hydrogen-bond donors (Lipinski definition) is 2. The van der Waals surface area contributed by atoms with E-state index in [1.807, 2.05) is 0 Å². The third-order valence-electron chi connectivity index (χ3n) is 4.36. The molecular formula is C17H13ClF3N7. The Morgan fingerprint density at radius 2 is 1.86 bits per heavy atom. The summed E-state index contributed by atoms with van der Waals surface area (Å²) in [6, 6.07) is 6.87. The second kappa shape index (κ2) is 6.48. The van der Waals surface area contributed by atoms with Gasteiger partial charge in [0.25, 0.3) is 0 Å². The Labute approximate surface area is 161 Å². The van der Waals surface area contributed by atoms with Crippen LogP contribution in [0.5, 0.6) is 0 Å². The van der Waals surface area contributed by atoms with Gasteiger partial charge in [0.15, 0.2) is 5.65 Å². The quantitative estimate of drug-likeness (QED) is 0.510. The Morgan fingerprint density at radius 1 is 1.14 bits per heavy atom. The minimum Gasteiger partial charge on any atom is -0.334 e. The second-order valence-electron chi connectivity index (χ2n) is 6.16. The predicted molar refractivity (Wildman–Crippen MR) is 95.5 cm³/mol. The van der Waals surface area contributed by atoms with E-state index in [2.05, 4.69) is 19.9 Å². The lowest BCUT2D eigenvalue weighted by Gasteiger charge is -2.06. The van der Waals surface area contributed by atoms with Gasteiger partial charge in [-0.3, -0.25) is 9.98 Å². The predicted octanol–water partition coefficient (Wildman–Crippen LogP) is 3.36. The molecule has 7 nitrogen and oxygen atoms in total. The first-order valence-corrected chi connectivity index (χ1v) is 8.45. The highest BCUT2D eigenvalue weighted by Gasteiger charge is 2.33. The molecule has 0 radical (unpaired) electrons. The van der Waals surface area contributed by atoms with Crippen molar-refractivity contribution in [3.63, 3.8) is 0 Å². The molecule has 0 saturated carbocycles. The van der Waals surface area contributed by atoms with Crippen LogP contribution in [0.2, 0.25) is 5.28 Å². The fraction of sp³-hybridized carbons (Fsp3) is 0.176. The number of H-pyrrole nitrogens is 1. The van der Waals surface area contributed by atoms with Crippen LogP contribution in [0.4, 0.5) is 13.2 Å². The SMILES string of the molecule is Cn1c(=N)n(Cc2ccc(-c3ncc(C(F)(F)F)[nH]3)cc2)c2nc(Cl)ncc21. The third-order valence-corrected chi connectivity index (χ3v) is 4.54. The van der Waals surface area contributed by atoms with Crippen molar-refractivity contribution in [3.05, 3.63) is 58.8 Å². The Balaban J connectivity index is 1.65. The van der Waals surface area contributed by atoms with Crippen molar-refractivity contribution in [2.45, 2.75) is 12.7 Å². The first-order valence-electron chi connectivity index (χ1n) is 8.08. The molecule has 4 rings (SSSR count). The van der Waals surface area contributed by atoms with Crippen LogP contribution in [0.25, 0.3) is 22.6 Å². The molecule has 0 fully saturated rings. The van der Waals surface area contributed by atoms with Crippen molar-refractivity contribution >= 4 is 22.8 Å². The number of alkyl halides is 3. The van der Waals surface area contributed by atoms with Gasteiger partial charge in [0.1, 0.15) is 17.0 Å². The Morgan fingerprint density at radius 3 is 2.50 bits per heavy atom. The zero-order chi connectivity index (χ0) is 20.1. The van der Waals surface area contributed by atoms with Crippen molar-refractivity contribution in [1.29, 1.82) is 5.41 Å². The van der Waals surface area contributed by atoms with Crippen LogP contribution in [0.3, 0.4) is 0 Å². The number of hydrogen-bond acceptors (Lipinski definition) is 4. The molecule has 2 N–H and O–H groups in total. The van der Waals surface area contributed by atoms with E-state index in [9.17, 15) is 13.2 Å². The van der Waals surface area contributed by atoms with Gasteiger partial charge in [-0.25, -0.2) is 9.97 Å². The zero-order valence-corrected chi connectivity index (χ0v) is 15.2. The number of imidazole rings is 2. The molecule has 144 valence electrons. The van der Waals surface area contributed by atoms with E-state index in [-0.39, 0.29) is 16.7 Å². The van der Waals surface area contributed by atoms with E-state index in [0.29, 0.717) is 23.3 Å². The summed E-state index contributed by atoms with van der Waals surface area (Å²) < 4.78 is 41.4. The molecule has 11 heteroatoms. The van der Waals surface area contributed by atoms with Crippen LogP contribution >= 0.6 is 11.6 Å². The van der Waals surface area contributed by atoms with Crippen molar-refractivity contribution in [3.8, 4) is 11.4 Å². The highest BCUT2D eigenvalue weighted by molar-refractivity contribution is 6.28. The van der Waals surface area contributed by atoms with E-state index in [4.69, 9.17) is 17.0 Å². The van der Waals surface area contributed by atoms with Crippen LogP contribution in [0.15, 0.2) is 36.7 Å². The number of nitrogens with zero attached hydrogens (tertiary/aromatic N) is 5. The molecule has 0 aliphatic rings. The van der Waals surface area contributed by atoms with Crippen LogP contribution in [-0.2, 0) is 19.8 Å². The lowest BCUT2D eigenvalue weighted by atomic mass is 10.1. The van der Waals surface area contributed by atoms with E-state index >= 15 is 0 Å². The third kappa shape index (κ3) is 3.15. The zero-order valence-electron chi connectivity index (χ0n) is 14.4. The maximum Gasteiger partial charge on any atom is 0.432 e. The number of nitrogens with one attached hydrogen (secondary N) is 2. The molecule has 1 aromatic carbocycles. The maximum atomic E-state index is 12.7. The molecule has 0 spiro atoms. The van der Waals surface area contributed by atoms with Gasteiger partial charge in [-0.05, 0) is 17.2 Å². The molecule has 0 atom stereocenters. The van der Waals surface area contributed by atoms with Gasteiger partial charge in [0.2, 0.25) is 10.9 Å². The van der Waals surface area contributed by atoms with Crippen molar-refractivity contribution in [2.75, 3.05) is 0 Å². The number of rotatable bonds is 3. The Kier molecular flexibility index (Phi) is 4.22. The molecular weight excluding hydrogens is 395 g/mol. The standard InChI is InChI=1S/C17H13ClF3N7/c1-27-11-6-24-15(18)26-14(11)28(16(27)22)8-9-2-4-10(5-3-9)13-23-7-12(25-13)17(19,20)21/h2-7,22H,8H2,1H3,(H,23,25). The topological polar surface area (TPSA) is 88.2 Å². The molecule has 4 aromatic rings. The largest absolute Gasteiger partial charge is 0.432 e. The van der Waals surface area contributed by atoms with Gasteiger partial charge in [-0.1, -0.05) is 24.3 Å². The fourth-order valence-corrected chi connectivity index (χ4v) is 3.02. The molecule has 0 saturated heterocycles. The number of aromatic amines is 1. The Hall–Kier alpha value is -3.14. The average Bonchev–Trinajstić information content (AvgIpc) is 3.23. The molecule has 0 unspecified atom stereocenters.